The molecule has 2 heterocycles. The second-order valence-corrected chi connectivity index (χ2v) is 6.10. The van der Waals surface area contributed by atoms with E-state index < -0.39 is 0 Å². The van der Waals surface area contributed by atoms with E-state index in [1.165, 1.54) is 5.56 Å². The van der Waals surface area contributed by atoms with Gasteiger partial charge in [0, 0.05) is 17.5 Å². The molecular formula is C15H16N2O2S. The molecule has 5 heteroatoms. The van der Waals surface area contributed by atoms with Gasteiger partial charge in [0.15, 0.2) is 0 Å². The zero-order valence-corrected chi connectivity index (χ0v) is 12.1. The largest absolute Gasteiger partial charge is 0.361 e. The molecule has 0 unspecified atom stereocenters. The number of para-hydroxylation sites is 1. The van der Waals surface area contributed by atoms with E-state index in [9.17, 15) is 4.79 Å². The molecule has 4 nitrogen and oxygen atoms in total. The van der Waals surface area contributed by atoms with Gasteiger partial charge in [-0.2, -0.15) is 0 Å². The summed E-state index contributed by atoms with van der Waals surface area (Å²) in [6, 6.07) is 9.91. The van der Waals surface area contributed by atoms with E-state index in [0.717, 1.165) is 30.0 Å². The molecule has 104 valence electrons. The second kappa shape index (κ2) is 5.71. The second-order valence-electron chi connectivity index (χ2n) is 4.91. The zero-order chi connectivity index (χ0) is 13.9. The molecule has 0 bridgehead atoms. The van der Waals surface area contributed by atoms with Crippen molar-refractivity contribution in [2.75, 3.05) is 5.32 Å². The van der Waals surface area contributed by atoms with Crippen molar-refractivity contribution >= 4 is 23.4 Å². The van der Waals surface area contributed by atoms with Crippen molar-refractivity contribution in [2.45, 2.75) is 30.8 Å². The number of aryl methyl sites for hydroxylation is 2. The number of fused-ring (bicyclic) bond motifs is 1. The summed E-state index contributed by atoms with van der Waals surface area (Å²) in [5.74, 6) is 1.59. The molecule has 0 saturated carbocycles. The Hall–Kier alpha value is -1.75. The average molecular weight is 288 g/mol. The lowest BCUT2D eigenvalue weighted by Crippen LogP contribution is -2.23. The standard InChI is InChI=1S/C15H16N2O2S/c1-10-8-12(17-19-10)9-20-14-7-6-11-4-2-3-5-13(11)16-15(14)18/h2-5,8,14H,6-7,9H2,1H3,(H,16,18)/t14-/m0/s1. The maximum absolute atomic E-state index is 12.2. The van der Waals surface area contributed by atoms with E-state index in [4.69, 9.17) is 4.52 Å². The SMILES string of the molecule is Cc1cc(CS[C@H]2CCc3ccccc3NC2=O)no1. The Morgan fingerprint density at radius 2 is 2.30 bits per heavy atom. The van der Waals surface area contributed by atoms with Crippen LogP contribution < -0.4 is 5.32 Å². The molecule has 0 saturated heterocycles. The van der Waals surface area contributed by atoms with Gasteiger partial charge < -0.3 is 9.84 Å². The van der Waals surface area contributed by atoms with Crippen LogP contribution >= 0.6 is 11.8 Å². The first-order chi connectivity index (χ1) is 9.72. The number of hydrogen-bond acceptors (Lipinski definition) is 4. The van der Waals surface area contributed by atoms with E-state index in [1.54, 1.807) is 11.8 Å². The van der Waals surface area contributed by atoms with Crippen LogP contribution in [0.1, 0.15) is 23.4 Å². The fourth-order valence-corrected chi connectivity index (χ4v) is 3.32. The molecule has 0 radical (unpaired) electrons. The van der Waals surface area contributed by atoms with Crippen LogP contribution in [0, 0.1) is 6.92 Å². The van der Waals surface area contributed by atoms with Gasteiger partial charge in [-0.1, -0.05) is 23.4 Å². The molecule has 2 aromatic rings. The number of thioether (sulfide) groups is 1. The Balaban J connectivity index is 1.65. The fraction of sp³-hybridized carbons (Fsp3) is 0.333. The number of hydrogen-bond donors (Lipinski definition) is 1. The molecule has 1 amide bonds. The maximum Gasteiger partial charge on any atom is 0.237 e. The Bertz CT molecular complexity index is 624. The minimum absolute atomic E-state index is 0.0422. The number of benzene rings is 1. The summed E-state index contributed by atoms with van der Waals surface area (Å²) in [5.41, 5.74) is 3.04. The number of rotatable bonds is 3. The predicted octanol–water partition coefficient (Wildman–Crippen LogP) is 3.17. The number of aromatic nitrogens is 1. The van der Waals surface area contributed by atoms with Crippen molar-refractivity contribution in [1.29, 1.82) is 0 Å². The van der Waals surface area contributed by atoms with Crippen LogP contribution in [-0.2, 0) is 17.0 Å². The van der Waals surface area contributed by atoms with E-state index in [1.807, 2.05) is 31.2 Å². The predicted molar refractivity (Wildman–Crippen MR) is 79.7 cm³/mol. The number of nitrogens with zero attached hydrogens (tertiary/aromatic N) is 1. The van der Waals surface area contributed by atoms with Crippen molar-refractivity contribution in [3.63, 3.8) is 0 Å². The summed E-state index contributed by atoms with van der Waals surface area (Å²) in [7, 11) is 0. The summed E-state index contributed by atoms with van der Waals surface area (Å²) in [5, 5.41) is 6.93. The fourth-order valence-electron chi connectivity index (χ4n) is 2.32. The van der Waals surface area contributed by atoms with Crippen LogP contribution in [0.25, 0.3) is 0 Å². The number of carbonyl (C=O) groups is 1. The van der Waals surface area contributed by atoms with Crippen molar-refractivity contribution in [2.24, 2.45) is 0 Å². The molecule has 1 aromatic heterocycles. The summed E-state index contributed by atoms with van der Waals surface area (Å²) in [6.45, 7) is 1.87. The Labute approximate surface area is 121 Å². The van der Waals surface area contributed by atoms with Gasteiger partial charge >= 0.3 is 0 Å². The molecular weight excluding hydrogens is 272 g/mol. The lowest BCUT2D eigenvalue weighted by molar-refractivity contribution is -0.115. The van der Waals surface area contributed by atoms with Crippen LogP contribution in [0.5, 0.6) is 0 Å². The van der Waals surface area contributed by atoms with Gasteiger partial charge in [0.25, 0.3) is 0 Å². The topological polar surface area (TPSA) is 55.1 Å². The molecule has 1 atom stereocenters. The van der Waals surface area contributed by atoms with Crippen molar-refractivity contribution in [3.8, 4) is 0 Å². The van der Waals surface area contributed by atoms with Crippen molar-refractivity contribution in [1.82, 2.24) is 5.16 Å². The lowest BCUT2D eigenvalue weighted by Gasteiger charge is -2.11. The third-order valence-electron chi connectivity index (χ3n) is 3.35. The smallest absolute Gasteiger partial charge is 0.237 e. The molecule has 0 spiro atoms. The monoisotopic (exact) mass is 288 g/mol. The van der Waals surface area contributed by atoms with Crippen LogP contribution in [0.15, 0.2) is 34.9 Å². The number of carbonyl (C=O) groups excluding carboxylic acids is 1. The highest BCUT2D eigenvalue weighted by Crippen LogP contribution is 2.28. The zero-order valence-electron chi connectivity index (χ0n) is 11.3. The number of amides is 1. The lowest BCUT2D eigenvalue weighted by atomic mass is 10.1. The highest BCUT2D eigenvalue weighted by molar-refractivity contribution is 7.99. The number of anilines is 1. The summed E-state index contributed by atoms with van der Waals surface area (Å²) >= 11 is 1.62. The molecule has 1 aliphatic heterocycles. The molecule has 0 aliphatic carbocycles. The Morgan fingerprint density at radius 3 is 3.10 bits per heavy atom. The van der Waals surface area contributed by atoms with E-state index in [-0.39, 0.29) is 11.2 Å². The Morgan fingerprint density at radius 1 is 1.45 bits per heavy atom. The molecule has 20 heavy (non-hydrogen) atoms. The first-order valence-electron chi connectivity index (χ1n) is 6.65. The van der Waals surface area contributed by atoms with Gasteiger partial charge in [-0.25, -0.2) is 0 Å². The van der Waals surface area contributed by atoms with Crippen molar-refractivity contribution in [3.05, 3.63) is 47.3 Å². The molecule has 1 aliphatic rings. The maximum atomic E-state index is 12.2. The normalized spacial score (nSPS) is 18.2. The highest BCUT2D eigenvalue weighted by Gasteiger charge is 2.24. The summed E-state index contributed by atoms with van der Waals surface area (Å²) in [6.07, 6.45) is 1.77. The average Bonchev–Trinajstić information content (AvgIpc) is 2.78. The van der Waals surface area contributed by atoms with Gasteiger partial charge in [-0.15, -0.1) is 11.8 Å². The van der Waals surface area contributed by atoms with Gasteiger partial charge in [-0.05, 0) is 31.4 Å². The minimum Gasteiger partial charge on any atom is -0.361 e. The van der Waals surface area contributed by atoms with Crippen LogP contribution in [0.4, 0.5) is 5.69 Å². The molecule has 1 N–H and O–H groups in total. The first kappa shape index (κ1) is 13.2. The quantitative estimate of drug-likeness (QED) is 0.942. The van der Waals surface area contributed by atoms with Crippen LogP contribution in [0.3, 0.4) is 0 Å². The van der Waals surface area contributed by atoms with E-state index in [2.05, 4.69) is 16.5 Å². The van der Waals surface area contributed by atoms with E-state index in [0.29, 0.717) is 5.75 Å². The third-order valence-corrected chi connectivity index (χ3v) is 4.67. The van der Waals surface area contributed by atoms with Crippen LogP contribution in [-0.4, -0.2) is 16.3 Å². The van der Waals surface area contributed by atoms with E-state index >= 15 is 0 Å². The van der Waals surface area contributed by atoms with Crippen molar-refractivity contribution < 1.29 is 9.32 Å². The van der Waals surface area contributed by atoms with Gasteiger partial charge in [0.05, 0.1) is 10.9 Å². The van der Waals surface area contributed by atoms with Gasteiger partial charge in [0.1, 0.15) is 5.76 Å². The molecule has 1 aromatic carbocycles. The summed E-state index contributed by atoms with van der Waals surface area (Å²) < 4.78 is 5.04. The summed E-state index contributed by atoms with van der Waals surface area (Å²) in [4.78, 5) is 12.2. The van der Waals surface area contributed by atoms with Gasteiger partial charge in [-0.3, -0.25) is 4.79 Å². The highest BCUT2D eigenvalue weighted by atomic mass is 32.2. The van der Waals surface area contributed by atoms with Gasteiger partial charge in [0.2, 0.25) is 5.91 Å². The molecule has 3 rings (SSSR count). The molecule has 0 fully saturated rings. The minimum atomic E-state index is -0.0422. The number of nitrogens with one attached hydrogen (secondary N) is 1. The first-order valence-corrected chi connectivity index (χ1v) is 7.70. The third kappa shape index (κ3) is 2.88. The van der Waals surface area contributed by atoms with Crippen LogP contribution in [0.2, 0.25) is 0 Å². The Kier molecular flexibility index (Phi) is 3.78.